The topological polar surface area (TPSA) is 64.3 Å². The van der Waals surface area contributed by atoms with Gasteiger partial charge in [-0.05, 0) is 29.3 Å². The Morgan fingerprint density at radius 1 is 1.29 bits per heavy atom. The number of rotatable bonds is 5. The van der Waals surface area contributed by atoms with Crippen molar-refractivity contribution in [3.63, 3.8) is 0 Å². The summed E-state index contributed by atoms with van der Waals surface area (Å²) in [5, 5.41) is 3.20. The smallest absolute Gasteiger partial charge is 0.319 e. The molecule has 21 heavy (non-hydrogen) atoms. The van der Waals surface area contributed by atoms with Crippen LogP contribution >= 0.6 is 15.9 Å². The number of nitrogen functional groups attached to an aromatic ring is 1. The summed E-state index contributed by atoms with van der Waals surface area (Å²) < 4.78 is 5.62. The average molecular weight is 349 g/mol. The van der Waals surface area contributed by atoms with Gasteiger partial charge in [-0.25, -0.2) is 0 Å². The molecular weight excluding hydrogens is 332 g/mol. The summed E-state index contributed by atoms with van der Waals surface area (Å²) in [4.78, 5) is 11.4. The minimum Gasteiger partial charge on any atom is -0.468 e. The van der Waals surface area contributed by atoms with Crippen molar-refractivity contribution < 1.29 is 9.53 Å². The Morgan fingerprint density at radius 3 is 2.67 bits per heavy atom. The lowest BCUT2D eigenvalue weighted by Gasteiger charge is -2.21. The first-order valence-electron chi connectivity index (χ1n) is 6.52. The van der Waals surface area contributed by atoms with E-state index in [1.54, 1.807) is 0 Å². The molecule has 110 valence electrons. The summed E-state index contributed by atoms with van der Waals surface area (Å²) in [6, 6.07) is 15.4. The minimum atomic E-state index is -0.315. The average Bonchev–Trinajstić information content (AvgIpc) is 2.51. The number of halogens is 1. The number of methoxy groups -OCH3 is 1. The highest BCUT2D eigenvalue weighted by atomic mass is 79.9. The molecule has 2 aromatic carbocycles. The number of nitrogens with one attached hydrogen (secondary N) is 1. The van der Waals surface area contributed by atoms with Crippen LogP contribution in [0.4, 0.5) is 5.69 Å². The van der Waals surface area contributed by atoms with Gasteiger partial charge in [-0.15, -0.1) is 0 Å². The van der Waals surface area contributed by atoms with Crippen LogP contribution in [0.25, 0.3) is 0 Å². The van der Waals surface area contributed by atoms with E-state index in [0.717, 1.165) is 15.6 Å². The van der Waals surface area contributed by atoms with Crippen molar-refractivity contribution in [1.82, 2.24) is 5.32 Å². The number of anilines is 1. The molecule has 0 spiro atoms. The minimum absolute atomic E-state index is 0.113. The summed E-state index contributed by atoms with van der Waals surface area (Å²) in [6.45, 7) is 0.113. The maximum Gasteiger partial charge on any atom is 0.319 e. The molecule has 1 atom stereocenters. The van der Waals surface area contributed by atoms with Crippen LogP contribution in [-0.4, -0.2) is 19.6 Å². The lowest BCUT2D eigenvalue weighted by molar-refractivity contribution is -0.139. The molecule has 0 fully saturated rings. The van der Waals surface area contributed by atoms with Gasteiger partial charge in [0, 0.05) is 10.2 Å². The third-order valence-electron chi connectivity index (χ3n) is 3.17. The zero-order valence-electron chi connectivity index (χ0n) is 11.7. The number of benzene rings is 2. The van der Waals surface area contributed by atoms with Crippen molar-refractivity contribution in [2.75, 3.05) is 19.4 Å². The SMILES string of the molecule is COC(=O)CN[C@@H](c1ccccc1)c1cc(Br)ccc1N. The molecule has 0 saturated carbocycles. The van der Waals surface area contributed by atoms with Crippen LogP contribution in [0, 0.1) is 0 Å². The number of carbonyl (C=O) groups is 1. The molecular formula is C16H17BrN2O2. The predicted octanol–water partition coefficient (Wildman–Crippen LogP) is 2.88. The first-order chi connectivity index (χ1) is 10.1. The van der Waals surface area contributed by atoms with Gasteiger partial charge in [0.15, 0.2) is 0 Å². The number of nitrogens with two attached hydrogens (primary N) is 1. The van der Waals surface area contributed by atoms with E-state index in [1.807, 2.05) is 48.5 Å². The van der Waals surface area contributed by atoms with Crippen molar-refractivity contribution in [2.45, 2.75) is 6.04 Å². The van der Waals surface area contributed by atoms with Gasteiger partial charge in [0.1, 0.15) is 0 Å². The van der Waals surface area contributed by atoms with Crippen LogP contribution in [-0.2, 0) is 9.53 Å². The molecule has 0 aliphatic carbocycles. The molecule has 2 aromatic rings. The number of esters is 1. The van der Waals surface area contributed by atoms with Crippen LogP contribution in [0.15, 0.2) is 53.0 Å². The van der Waals surface area contributed by atoms with Crippen LogP contribution in [0.5, 0.6) is 0 Å². The van der Waals surface area contributed by atoms with Gasteiger partial charge in [-0.2, -0.15) is 0 Å². The zero-order chi connectivity index (χ0) is 15.2. The van der Waals surface area contributed by atoms with E-state index in [2.05, 4.69) is 26.0 Å². The highest BCUT2D eigenvalue weighted by Crippen LogP contribution is 2.29. The normalized spacial score (nSPS) is 11.9. The van der Waals surface area contributed by atoms with Crippen LogP contribution < -0.4 is 11.1 Å². The summed E-state index contributed by atoms with van der Waals surface area (Å²) in [7, 11) is 1.37. The van der Waals surface area contributed by atoms with Crippen molar-refractivity contribution in [1.29, 1.82) is 0 Å². The Bertz CT molecular complexity index is 617. The molecule has 0 heterocycles. The predicted molar refractivity (Wildman–Crippen MR) is 86.9 cm³/mol. The molecule has 2 rings (SSSR count). The third kappa shape index (κ3) is 4.06. The number of ether oxygens (including phenoxy) is 1. The quantitative estimate of drug-likeness (QED) is 0.644. The Balaban J connectivity index is 2.35. The van der Waals surface area contributed by atoms with E-state index in [4.69, 9.17) is 5.73 Å². The molecule has 5 heteroatoms. The van der Waals surface area contributed by atoms with E-state index in [0.29, 0.717) is 5.69 Å². The monoisotopic (exact) mass is 348 g/mol. The lowest BCUT2D eigenvalue weighted by atomic mass is 9.97. The van der Waals surface area contributed by atoms with Crippen molar-refractivity contribution in [3.05, 3.63) is 64.1 Å². The summed E-state index contributed by atoms with van der Waals surface area (Å²) >= 11 is 3.46. The number of hydrogen-bond donors (Lipinski definition) is 2. The van der Waals surface area contributed by atoms with Crippen LogP contribution in [0.2, 0.25) is 0 Å². The molecule has 0 aromatic heterocycles. The van der Waals surface area contributed by atoms with Gasteiger partial charge in [0.25, 0.3) is 0 Å². The fourth-order valence-electron chi connectivity index (χ4n) is 2.11. The van der Waals surface area contributed by atoms with Gasteiger partial charge in [-0.1, -0.05) is 46.3 Å². The van der Waals surface area contributed by atoms with E-state index >= 15 is 0 Å². The first kappa shape index (κ1) is 15.5. The van der Waals surface area contributed by atoms with Crippen molar-refractivity contribution in [3.8, 4) is 0 Å². The summed E-state index contributed by atoms with van der Waals surface area (Å²) in [5.41, 5.74) is 8.71. The van der Waals surface area contributed by atoms with Crippen molar-refractivity contribution in [2.24, 2.45) is 0 Å². The fourth-order valence-corrected chi connectivity index (χ4v) is 2.48. The molecule has 0 unspecified atom stereocenters. The third-order valence-corrected chi connectivity index (χ3v) is 3.66. The summed E-state index contributed by atoms with van der Waals surface area (Å²) in [6.07, 6.45) is 0. The molecule has 0 aliphatic rings. The standard InChI is InChI=1S/C16H17BrN2O2/c1-21-15(20)10-19-16(11-5-3-2-4-6-11)13-9-12(17)7-8-14(13)18/h2-9,16,19H,10,18H2,1H3/t16-/m0/s1. The van der Waals surface area contributed by atoms with E-state index in [1.165, 1.54) is 7.11 Å². The van der Waals surface area contributed by atoms with Gasteiger partial charge in [0.05, 0.1) is 19.7 Å². The molecule has 0 aliphatic heterocycles. The largest absolute Gasteiger partial charge is 0.468 e. The molecule has 0 amide bonds. The van der Waals surface area contributed by atoms with Crippen LogP contribution in [0.3, 0.4) is 0 Å². The number of hydrogen-bond acceptors (Lipinski definition) is 4. The molecule has 0 bridgehead atoms. The van der Waals surface area contributed by atoms with Gasteiger partial charge in [0.2, 0.25) is 0 Å². The van der Waals surface area contributed by atoms with Gasteiger partial charge < -0.3 is 10.5 Å². The maximum absolute atomic E-state index is 11.4. The van der Waals surface area contributed by atoms with E-state index in [9.17, 15) is 4.79 Å². The molecule has 0 radical (unpaired) electrons. The Labute approximate surface area is 132 Å². The highest BCUT2D eigenvalue weighted by molar-refractivity contribution is 9.10. The fraction of sp³-hybridized carbons (Fsp3) is 0.188. The first-order valence-corrected chi connectivity index (χ1v) is 7.31. The zero-order valence-corrected chi connectivity index (χ0v) is 13.3. The van der Waals surface area contributed by atoms with E-state index < -0.39 is 0 Å². The second-order valence-corrected chi connectivity index (χ2v) is 5.49. The van der Waals surface area contributed by atoms with Gasteiger partial charge >= 0.3 is 5.97 Å². The Morgan fingerprint density at radius 2 is 2.00 bits per heavy atom. The van der Waals surface area contributed by atoms with Crippen molar-refractivity contribution >= 4 is 27.6 Å². The van der Waals surface area contributed by atoms with E-state index in [-0.39, 0.29) is 18.6 Å². The lowest BCUT2D eigenvalue weighted by Crippen LogP contribution is -2.29. The maximum atomic E-state index is 11.4. The second kappa shape index (κ2) is 7.24. The van der Waals surface area contributed by atoms with Gasteiger partial charge in [-0.3, -0.25) is 10.1 Å². The highest BCUT2D eigenvalue weighted by Gasteiger charge is 2.17. The Kier molecular flexibility index (Phi) is 5.36. The Hall–Kier alpha value is -1.85. The number of carbonyl (C=O) groups excluding carboxylic acids is 1. The molecule has 4 nitrogen and oxygen atoms in total. The molecule has 0 saturated heterocycles. The second-order valence-electron chi connectivity index (χ2n) is 4.57. The van der Waals surface area contributed by atoms with Crippen LogP contribution in [0.1, 0.15) is 17.2 Å². The molecule has 3 N–H and O–H groups in total. The summed E-state index contributed by atoms with van der Waals surface area (Å²) in [5.74, 6) is -0.315.